The van der Waals surface area contributed by atoms with Gasteiger partial charge in [0.15, 0.2) is 0 Å². The summed E-state index contributed by atoms with van der Waals surface area (Å²) in [5, 5.41) is 11.3. The first kappa shape index (κ1) is 29.2. The van der Waals surface area contributed by atoms with Crippen molar-refractivity contribution in [2.45, 2.75) is 32.6 Å². The van der Waals surface area contributed by atoms with Gasteiger partial charge in [0.05, 0.1) is 30.2 Å². The highest BCUT2D eigenvalue weighted by molar-refractivity contribution is 9.08. The molecule has 0 fully saturated rings. The van der Waals surface area contributed by atoms with Crippen molar-refractivity contribution in [2.75, 3.05) is 18.1 Å². The Balaban J connectivity index is 2.24. The Labute approximate surface area is 230 Å². The largest absolute Gasteiger partial charge is 0.462 e. The van der Waals surface area contributed by atoms with E-state index in [2.05, 4.69) is 15.9 Å². The number of amides is 1. The molecule has 0 aliphatic heterocycles. The summed E-state index contributed by atoms with van der Waals surface area (Å²) in [6.45, 7) is 4.82. The second-order valence-electron chi connectivity index (χ2n) is 8.51. The first-order valence-electron chi connectivity index (χ1n) is 11.6. The second kappa shape index (κ2) is 12.9. The minimum absolute atomic E-state index is 0.0207. The number of hydrogen-bond acceptors (Lipinski definition) is 7. The van der Waals surface area contributed by atoms with Crippen LogP contribution in [0, 0.1) is 27.7 Å². The number of thiophene rings is 1. The molecular weight excluding hydrogens is 586 g/mol. The summed E-state index contributed by atoms with van der Waals surface area (Å²) in [5.41, 5.74) is 0.521. The lowest BCUT2D eigenvalue weighted by Crippen LogP contribution is -2.33. The molecule has 2 aromatic carbocycles. The zero-order valence-corrected chi connectivity index (χ0v) is 23.2. The van der Waals surface area contributed by atoms with E-state index in [-0.39, 0.29) is 46.3 Å². The van der Waals surface area contributed by atoms with Crippen LogP contribution in [-0.2, 0) is 21.3 Å². The fourth-order valence-electron chi connectivity index (χ4n) is 3.53. The molecule has 0 bridgehead atoms. The van der Waals surface area contributed by atoms with Crippen LogP contribution in [-0.4, -0.2) is 30.2 Å². The van der Waals surface area contributed by atoms with Crippen LogP contribution in [0.3, 0.4) is 0 Å². The highest BCUT2D eigenvalue weighted by Crippen LogP contribution is 2.45. The molecule has 12 heteroatoms. The minimum Gasteiger partial charge on any atom is -0.462 e. The van der Waals surface area contributed by atoms with Crippen molar-refractivity contribution in [3.63, 3.8) is 0 Å². The van der Waals surface area contributed by atoms with E-state index in [0.29, 0.717) is 16.0 Å². The van der Waals surface area contributed by atoms with Gasteiger partial charge in [-0.25, -0.2) is 18.4 Å². The molecule has 0 saturated carbocycles. The highest BCUT2D eigenvalue weighted by atomic mass is 79.9. The number of rotatable bonds is 10. The number of benzene rings is 2. The van der Waals surface area contributed by atoms with E-state index >= 15 is 0 Å². The lowest BCUT2D eigenvalue weighted by Gasteiger charge is -2.23. The summed E-state index contributed by atoms with van der Waals surface area (Å²) in [5.74, 6) is -2.49. The van der Waals surface area contributed by atoms with E-state index in [1.807, 2.05) is 13.8 Å². The SMILES string of the molecule is CCOC(=O)c1c(N(Cc2c(F)cccc2F)C(=O)OCC(C)C)sc(-c2ccc([N+](=O)[O-])cc2)c1CBr. The Morgan fingerprint density at radius 3 is 2.24 bits per heavy atom. The number of non-ortho nitro benzene ring substituents is 1. The molecule has 38 heavy (non-hydrogen) atoms. The van der Waals surface area contributed by atoms with Gasteiger partial charge in [0.2, 0.25) is 0 Å². The number of alkyl halides is 1. The van der Waals surface area contributed by atoms with E-state index in [1.54, 1.807) is 6.92 Å². The molecule has 0 saturated heterocycles. The van der Waals surface area contributed by atoms with Crippen LogP contribution in [0.5, 0.6) is 0 Å². The quantitative estimate of drug-likeness (QED) is 0.102. The monoisotopic (exact) mass is 610 g/mol. The average Bonchev–Trinajstić information content (AvgIpc) is 3.26. The molecule has 0 aliphatic carbocycles. The van der Waals surface area contributed by atoms with E-state index in [0.717, 1.165) is 28.4 Å². The number of carbonyl (C=O) groups excluding carboxylic acids is 2. The first-order chi connectivity index (χ1) is 18.1. The molecule has 3 aromatic rings. The van der Waals surface area contributed by atoms with Gasteiger partial charge in [-0.2, -0.15) is 0 Å². The summed E-state index contributed by atoms with van der Waals surface area (Å²) in [7, 11) is 0. The van der Waals surface area contributed by atoms with Crippen LogP contribution in [0.25, 0.3) is 10.4 Å². The number of nitrogens with zero attached hydrogens (tertiary/aromatic N) is 2. The lowest BCUT2D eigenvalue weighted by atomic mass is 10.1. The van der Waals surface area contributed by atoms with Crippen LogP contribution >= 0.6 is 27.3 Å². The third-order valence-electron chi connectivity index (χ3n) is 5.33. The fraction of sp³-hybridized carbons (Fsp3) is 0.308. The van der Waals surface area contributed by atoms with Gasteiger partial charge in [0.1, 0.15) is 16.6 Å². The molecular formula is C26H25BrF2N2O6S. The zero-order valence-electron chi connectivity index (χ0n) is 20.8. The normalized spacial score (nSPS) is 10.9. The Bertz CT molecular complexity index is 1310. The molecule has 8 nitrogen and oxygen atoms in total. The van der Waals surface area contributed by atoms with Gasteiger partial charge in [-0.1, -0.05) is 35.8 Å². The molecule has 202 valence electrons. The van der Waals surface area contributed by atoms with E-state index in [4.69, 9.17) is 9.47 Å². The molecule has 0 aliphatic rings. The topological polar surface area (TPSA) is 99.0 Å². The predicted molar refractivity (Wildman–Crippen MR) is 144 cm³/mol. The number of hydrogen-bond donors (Lipinski definition) is 0. The number of anilines is 1. The van der Waals surface area contributed by atoms with Crippen LogP contribution in [0.1, 0.15) is 42.3 Å². The lowest BCUT2D eigenvalue weighted by molar-refractivity contribution is -0.384. The highest BCUT2D eigenvalue weighted by Gasteiger charge is 2.33. The summed E-state index contributed by atoms with van der Waals surface area (Å²) < 4.78 is 39.9. The van der Waals surface area contributed by atoms with Crippen molar-refractivity contribution in [2.24, 2.45) is 5.92 Å². The minimum atomic E-state index is -0.899. The van der Waals surface area contributed by atoms with Gasteiger partial charge in [0.25, 0.3) is 5.69 Å². The molecule has 0 atom stereocenters. The van der Waals surface area contributed by atoms with Crippen LogP contribution in [0.2, 0.25) is 0 Å². The van der Waals surface area contributed by atoms with Gasteiger partial charge < -0.3 is 9.47 Å². The maximum Gasteiger partial charge on any atom is 0.415 e. The Hall–Kier alpha value is -3.38. The molecule has 0 unspecified atom stereocenters. The van der Waals surface area contributed by atoms with Gasteiger partial charge in [0, 0.05) is 27.9 Å². The summed E-state index contributed by atoms with van der Waals surface area (Å²) >= 11 is 4.40. The molecule has 1 aromatic heterocycles. The number of halogens is 3. The molecule has 3 rings (SSSR count). The summed E-state index contributed by atoms with van der Waals surface area (Å²) in [6, 6.07) is 9.03. The number of nitro benzene ring substituents is 1. The number of nitro groups is 1. The predicted octanol–water partition coefficient (Wildman–Crippen LogP) is 7.47. The van der Waals surface area contributed by atoms with Crippen molar-refractivity contribution < 1.29 is 32.8 Å². The van der Waals surface area contributed by atoms with Crippen molar-refractivity contribution in [1.29, 1.82) is 0 Å². The summed E-state index contributed by atoms with van der Waals surface area (Å²) in [6.07, 6.45) is -0.899. The van der Waals surface area contributed by atoms with Gasteiger partial charge in [-0.3, -0.25) is 15.0 Å². The van der Waals surface area contributed by atoms with Gasteiger partial charge >= 0.3 is 12.1 Å². The number of carbonyl (C=O) groups is 2. The smallest absolute Gasteiger partial charge is 0.415 e. The van der Waals surface area contributed by atoms with Crippen LogP contribution in [0.4, 0.5) is 24.3 Å². The molecule has 1 heterocycles. The van der Waals surface area contributed by atoms with Gasteiger partial charge in [-0.05, 0) is 48.2 Å². The maximum absolute atomic E-state index is 14.6. The molecule has 1 amide bonds. The molecule has 0 N–H and O–H groups in total. The molecule has 0 radical (unpaired) electrons. The zero-order chi connectivity index (χ0) is 28.0. The third kappa shape index (κ3) is 6.54. The Morgan fingerprint density at radius 1 is 1.08 bits per heavy atom. The van der Waals surface area contributed by atoms with Gasteiger partial charge in [-0.15, -0.1) is 11.3 Å². The Kier molecular flexibility index (Phi) is 9.92. The van der Waals surface area contributed by atoms with Crippen molar-refractivity contribution >= 4 is 50.0 Å². The van der Waals surface area contributed by atoms with Crippen LogP contribution in [0.15, 0.2) is 42.5 Å². The second-order valence-corrected chi connectivity index (χ2v) is 10.1. The third-order valence-corrected chi connectivity index (χ3v) is 7.19. The van der Waals surface area contributed by atoms with Crippen LogP contribution < -0.4 is 4.90 Å². The summed E-state index contributed by atoms with van der Waals surface area (Å²) in [4.78, 5) is 38.6. The fourth-order valence-corrected chi connectivity index (χ4v) is 5.58. The molecule has 0 spiro atoms. The standard InChI is InChI=1S/C26H25BrF2N2O6S/c1-4-36-25(32)22-18(12-27)23(16-8-10-17(11-9-16)31(34)35)38-24(22)30(26(33)37-14-15(2)3)13-19-20(28)6-5-7-21(19)29/h5-11,15H,4,12-14H2,1-3H3. The van der Waals surface area contributed by atoms with E-state index in [1.165, 1.54) is 30.3 Å². The van der Waals surface area contributed by atoms with E-state index in [9.17, 15) is 28.5 Å². The Morgan fingerprint density at radius 2 is 1.71 bits per heavy atom. The number of ether oxygens (including phenoxy) is 2. The van der Waals surface area contributed by atoms with Crippen molar-refractivity contribution in [3.8, 4) is 10.4 Å². The number of esters is 1. The maximum atomic E-state index is 14.6. The average molecular weight is 611 g/mol. The van der Waals surface area contributed by atoms with Crippen molar-refractivity contribution in [3.05, 3.63) is 80.9 Å². The first-order valence-corrected chi connectivity index (χ1v) is 13.5. The van der Waals surface area contributed by atoms with E-state index < -0.39 is 35.2 Å². The van der Waals surface area contributed by atoms with Crippen molar-refractivity contribution in [1.82, 2.24) is 0 Å².